The Hall–Kier alpha value is -0.440. The van der Waals surface area contributed by atoms with Gasteiger partial charge in [0.2, 0.25) is 0 Å². The third-order valence-electron chi connectivity index (χ3n) is 1.85. The van der Waals surface area contributed by atoms with Crippen molar-refractivity contribution in [3.8, 4) is 0 Å². The monoisotopic (exact) mass is 145 g/mol. The Kier molecular flexibility index (Phi) is 2.81. The SMILES string of the molecule is O=C1CCNCC1CCF. The van der Waals surface area contributed by atoms with Crippen molar-refractivity contribution in [2.45, 2.75) is 12.8 Å². The minimum Gasteiger partial charge on any atom is -0.316 e. The van der Waals surface area contributed by atoms with E-state index in [0.717, 1.165) is 6.54 Å². The van der Waals surface area contributed by atoms with Crippen LogP contribution in [0.25, 0.3) is 0 Å². The van der Waals surface area contributed by atoms with Crippen molar-refractivity contribution < 1.29 is 9.18 Å². The van der Waals surface area contributed by atoms with E-state index in [0.29, 0.717) is 19.4 Å². The summed E-state index contributed by atoms with van der Waals surface area (Å²) >= 11 is 0. The highest BCUT2D eigenvalue weighted by Gasteiger charge is 2.20. The molecule has 0 amide bonds. The van der Waals surface area contributed by atoms with Crippen LogP contribution in [0.1, 0.15) is 12.8 Å². The van der Waals surface area contributed by atoms with Gasteiger partial charge < -0.3 is 5.32 Å². The van der Waals surface area contributed by atoms with Crippen molar-refractivity contribution in [1.82, 2.24) is 5.32 Å². The van der Waals surface area contributed by atoms with Crippen molar-refractivity contribution in [3.05, 3.63) is 0 Å². The minimum atomic E-state index is -0.377. The maximum atomic E-state index is 11.8. The van der Waals surface area contributed by atoms with E-state index >= 15 is 0 Å². The van der Waals surface area contributed by atoms with Gasteiger partial charge in [0.05, 0.1) is 6.67 Å². The summed E-state index contributed by atoms with van der Waals surface area (Å²) in [6, 6.07) is 0. The summed E-state index contributed by atoms with van der Waals surface area (Å²) in [5, 5.41) is 3.06. The van der Waals surface area contributed by atoms with E-state index < -0.39 is 0 Å². The summed E-state index contributed by atoms with van der Waals surface area (Å²) in [6.45, 7) is 1.06. The van der Waals surface area contributed by atoms with E-state index in [-0.39, 0.29) is 18.4 Å². The van der Waals surface area contributed by atoms with Gasteiger partial charge in [0.1, 0.15) is 5.78 Å². The molecule has 0 aromatic carbocycles. The lowest BCUT2D eigenvalue weighted by Gasteiger charge is -2.19. The summed E-state index contributed by atoms with van der Waals surface area (Å²) in [6.07, 6.45) is 0.969. The highest BCUT2D eigenvalue weighted by atomic mass is 19.1. The van der Waals surface area contributed by atoms with E-state index in [9.17, 15) is 9.18 Å². The highest BCUT2D eigenvalue weighted by Crippen LogP contribution is 2.09. The molecule has 1 aliphatic heterocycles. The smallest absolute Gasteiger partial charge is 0.138 e. The number of nitrogens with one attached hydrogen (secondary N) is 1. The quantitative estimate of drug-likeness (QED) is 0.614. The van der Waals surface area contributed by atoms with Crippen LogP contribution in [0.3, 0.4) is 0 Å². The third-order valence-corrected chi connectivity index (χ3v) is 1.85. The first-order valence-corrected chi connectivity index (χ1v) is 3.64. The fraction of sp³-hybridized carbons (Fsp3) is 0.857. The van der Waals surface area contributed by atoms with Gasteiger partial charge in [-0.3, -0.25) is 9.18 Å². The van der Waals surface area contributed by atoms with Crippen LogP contribution < -0.4 is 5.32 Å². The number of alkyl halides is 1. The molecule has 0 radical (unpaired) electrons. The molecular weight excluding hydrogens is 133 g/mol. The number of carbonyl (C=O) groups is 1. The van der Waals surface area contributed by atoms with Crippen molar-refractivity contribution in [2.75, 3.05) is 19.8 Å². The van der Waals surface area contributed by atoms with Gasteiger partial charge in [-0.1, -0.05) is 0 Å². The van der Waals surface area contributed by atoms with Crippen molar-refractivity contribution in [2.24, 2.45) is 5.92 Å². The average molecular weight is 145 g/mol. The van der Waals surface area contributed by atoms with E-state index in [1.54, 1.807) is 0 Å². The number of piperidine rings is 1. The van der Waals surface area contributed by atoms with Crippen LogP contribution in [-0.4, -0.2) is 25.5 Å². The lowest BCUT2D eigenvalue weighted by Crippen LogP contribution is -2.37. The fourth-order valence-corrected chi connectivity index (χ4v) is 1.20. The van der Waals surface area contributed by atoms with Crippen molar-refractivity contribution in [1.29, 1.82) is 0 Å². The molecule has 1 rings (SSSR count). The molecule has 0 saturated carbocycles. The topological polar surface area (TPSA) is 29.1 Å². The summed E-state index contributed by atoms with van der Waals surface area (Å²) in [5.41, 5.74) is 0. The molecule has 0 aliphatic carbocycles. The highest BCUT2D eigenvalue weighted by molar-refractivity contribution is 5.82. The molecule has 1 N–H and O–H groups in total. The first kappa shape index (κ1) is 7.66. The molecule has 0 spiro atoms. The second-order valence-corrected chi connectivity index (χ2v) is 2.60. The summed E-state index contributed by atoms with van der Waals surface area (Å²) < 4.78 is 11.8. The third kappa shape index (κ3) is 1.77. The van der Waals surface area contributed by atoms with Gasteiger partial charge in [0.15, 0.2) is 0 Å². The maximum absolute atomic E-state index is 11.8. The van der Waals surface area contributed by atoms with Crippen LogP contribution in [0.15, 0.2) is 0 Å². The number of rotatable bonds is 2. The van der Waals surface area contributed by atoms with E-state index in [1.165, 1.54) is 0 Å². The zero-order valence-electron chi connectivity index (χ0n) is 5.90. The molecule has 58 valence electrons. The number of halogens is 1. The Labute approximate surface area is 59.8 Å². The fourth-order valence-electron chi connectivity index (χ4n) is 1.20. The molecule has 0 aromatic rings. The predicted octanol–water partition coefficient (Wildman–Crippen LogP) is 0.525. The average Bonchev–Trinajstić information content (AvgIpc) is 1.94. The van der Waals surface area contributed by atoms with E-state index in [4.69, 9.17) is 0 Å². The van der Waals surface area contributed by atoms with Gasteiger partial charge in [-0.05, 0) is 6.42 Å². The molecule has 0 bridgehead atoms. The molecule has 1 atom stereocenters. The number of hydrogen-bond donors (Lipinski definition) is 1. The standard InChI is InChI=1S/C7H12FNO/c8-3-1-6-5-9-4-2-7(6)10/h6,9H,1-5H2. The van der Waals surface area contributed by atoms with Crippen molar-refractivity contribution >= 4 is 5.78 Å². The van der Waals surface area contributed by atoms with Gasteiger partial charge in [0.25, 0.3) is 0 Å². The second-order valence-electron chi connectivity index (χ2n) is 2.60. The Morgan fingerprint density at radius 1 is 1.70 bits per heavy atom. The van der Waals surface area contributed by atoms with Gasteiger partial charge in [0, 0.05) is 25.4 Å². The number of Topliss-reactive ketones (excluding diaryl/α,β-unsaturated/α-hetero) is 1. The zero-order chi connectivity index (χ0) is 7.40. The van der Waals surface area contributed by atoms with E-state index in [1.807, 2.05) is 0 Å². The number of carbonyl (C=O) groups excluding carboxylic acids is 1. The maximum Gasteiger partial charge on any atom is 0.138 e. The number of ketones is 1. The van der Waals surface area contributed by atoms with Crippen LogP contribution in [0.4, 0.5) is 4.39 Å². The Balaban J connectivity index is 2.32. The molecular formula is C7H12FNO. The molecule has 10 heavy (non-hydrogen) atoms. The van der Waals surface area contributed by atoms with Crippen LogP contribution in [0.5, 0.6) is 0 Å². The molecule has 3 heteroatoms. The first-order chi connectivity index (χ1) is 4.84. The molecule has 1 heterocycles. The van der Waals surface area contributed by atoms with E-state index in [2.05, 4.69) is 5.32 Å². The molecule has 1 fully saturated rings. The molecule has 1 unspecified atom stereocenters. The normalized spacial score (nSPS) is 26.9. The van der Waals surface area contributed by atoms with Crippen LogP contribution in [-0.2, 0) is 4.79 Å². The Morgan fingerprint density at radius 2 is 2.50 bits per heavy atom. The van der Waals surface area contributed by atoms with Gasteiger partial charge in [-0.25, -0.2) is 0 Å². The van der Waals surface area contributed by atoms with Crippen LogP contribution in [0.2, 0.25) is 0 Å². The predicted molar refractivity (Wildman–Crippen MR) is 36.6 cm³/mol. The number of hydrogen-bond acceptors (Lipinski definition) is 2. The lowest BCUT2D eigenvalue weighted by atomic mass is 9.95. The summed E-state index contributed by atoms with van der Waals surface area (Å²) in [5.74, 6) is 0.162. The van der Waals surface area contributed by atoms with Crippen molar-refractivity contribution in [3.63, 3.8) is 0 Å². The first-order valence-electron chi connectivity index (χ1n) is 3.64. The van der Waals surface area contributed by atoms with Gasteiger partial charge in [-0.2, -0.15) is 0 Å². The largest absolute Gasteiger partial charge is 0.316 e. The van der Waals surface area contributed by atoms with Gasteiger partial charge >= 0.3 is 0 Å². The molecule has 0 aromatic heterocycles. The molecule has 1 aliphatic rings. The van der Waals surface area contributed by atoms with Gasteiger partial charge in [-0.15, -0.1) is 0 Å². The summed E-state index contributed by atoms with van der Waals surface area (Å²) in [4.78, 5) is 11.0. The Morgan fingerprint density at radius 3 is 3.10 bits per heavy atom. The van der Waals surface area contributed by atoms with Crippen LogP contribution in [0, 0.1) is 5.92 Å². The second kappa shape index (κ2) is 3.66. The van der Waals surface area contributed by atoms with Crippen LogP contribution >= 0.6 is 0 Å². The lowest BCUT2D eigenvalue weighted by molar-refractivity contribution is -0.124. The molecule has 2 nitrogen and oxygen atoms in total. The molecule has 1 saturated heterocycles. The zero-order valence-corrected chi connectivity index (χ0v) is 5.90. The summed E-state index contributed by atoms with van der Waals surface area (Å²) in [7, 11) is 0. The Bertz CT molecular complexity index is 125. The minimum absolute atomic E-state index is 0.0567.